The number of rotatable bonds is 3. The second-order valence-electron chi connectivity index (χ2n) is 4.67. The minimum Gasteiger partial charge on any atom is -0.366 e. The van der Waals surface area contributed by atoms with Crippen LogP contribution in [0.2, 0.25) is 0 Å². The van der Waals surface area contributed by atoms with Gasteiger partial charge in [0.25, 0.3) is 0 Å². The van der Waals surface area contributed by atoms with Crippen molar-refractivity contribution in [3.05, 3.63) is 35.5 Å². The Labute approximate surface area is 106 Å². The highest BCUT2D eigenvalue weighted by molar-refractivity contribution is 5.46. The molecule has 0 aliphatic heterocycles. The molecule has 1 aliphatic carbocycles. The van der Waals surface area contributed by atoms with Crippen LogP contribution >= 0.6 is 0 Å². The van der Waals surface area contributed by atoms with Gasteiger partial charge in [-0.15, -0.1) is 0 Å². The van der Waals surface area contributed by atoms with Crippen LogP contribution in [0.4, 0.5) is 5.82 Å². The molecule has 18 heavy (non-hydrogen) atoms. The monoisotopic (exact) mass is 243 g/mol. The maximum absolute atomic E-state index is 4.42. The number of nitrogens with zero attached hydrogens (tertiary/aromatic N) is 3. The molecular formula is C13H17N5. The van der Waals surface area contributed by atoms with Crippen molar-refractivity contribution in [1.29, 1.82) is 0 Å². The second-order valence-corrected chi connectivity index (χ2v) is 4.67. The van der Waals surface area contributed by atoms with E-state index in [-0.39, 0.29) is 0 Å². The molecule has 2 N–H and O–H groups in total. The summed E-state index contributed by atoms with van der Waals surface area (Å²) in [6, 6.07) is 0. The smallest absolute Gasteiger partial charge is 0.133 e. The zero-order valence-electron chi connectivity index (χ0n) is 10.3. The van der Waals surface area contributed by atoms with Crippen molar-refractivity contribution >= 4 is 5.82 Å². The van der Waals surface area contributed by atoms with Gasteiger partial charge in [-0.3, -0.25) is 5.10 Å². The van der Waals surface area contributed by atoms with E-state index in [9.17, 15) is 0 Å². The number of anilines is 1. The molecule has 0 radical (unpaired) electrons. The van der Waals surface area contributed by atoms with Gasteiger partial charge in [0, 0.05) is 29.6 Å². The van der Waals surface area contributed by atoms with Crippen LogP contribution in [0.5, 0.6) is 0 Å². The third kappa shape index (κ3) is 2.34. The Balaban J connectivity index is 1.79. The van der Waals surface area contributed by atoms with Gasteiger partial charge in [-0.1, -0.05) is 6.42 Å². The summed E-state index contributed by atoms with van der Waals surface area (Å²) in [6.45, 7) is 0.750. The number of aromatic amines is 1. The quantitative estimate of drug-likeness (QED) is 0.810. The number of nitrogens with one attached hydrogen (secondary N) is 2. The van der Waals surface area contributed by atoms with E-state index in [0.717, 1.165) is 30.8 Å². The molecule has 5 heteroatoms. The first-order chi connectivity index (χ1) is 8.93. The molecule has 2 aromatic rings. The van der Waals surface area contributed by atoms with Crippen LogP contribution in [0.25, 0.3) is 0 Å². The largest absolute Gasteiger partial charge is 0.366 e. The molecule has 0 saturated heterocycles. The Morgan fingerprint density at radius 3 is 3.00 bits per heavy atom. The molecule has 2 aromatic heterocycles. The molecule has 1 aliphatic rings. The van der Waals surface area contributed by atoms with Crippen LogP contribution < -0.4 is 5.32 Å². The van der Waals surface area contributed by atoms with Crippen molar-refractivity contribution in [2.45, 2.75) is 38.6 Å². The molecule has 0 aromatic carbocycles. The van der Waals surface area contributed by atoms with E-state index in [1.807, 2.05) is 12.4 Å². The van der Waals surface area contributed by atoms with E-state index in [1.165, 1.54) is 30.5 Å². The van der Waals surface area contributed by atoms with Gasteiger partial charge in [0.2, 0.25) is 0 Å². The van der Waals surface area contributed by atoms with Gasteiger partial charge in [-0.25, -0.2) is 9.97 Å². The van der Waals surface area contributed by atoms with Gasteiger partial charge < -0.3 is 5.32 Å². The number of H-pyrrole nitrogens is 1. The molecule has 0 amide bonds. The summed E-state index contributed by atoms with van der Waals surface area (Å²) in [5.41, 5.74) is 3.66. The molecule has 0 bridgehead atoms. The lowest BCUT2D eigenvalue weighted by Crippen LogP contribution is -2.07. The minimum absolute atomic E-state index is 0.750. The first-order valence-corrected chi connectivity index (χ1v) is 6.48. The highest BCUT2D eigenvalue weighted by Crippen LogP contribution is 2.24. The van der Waals surface area contributed by atoms with Crippen LogP contribution in [-0.2, 0) is 19.4 Å². The average Bonchev–Trinajstić information content (AvgIpc) is 2.79. The Morgan fingerprint density at radius 1 is 1.17 bits per heavy atom. The van der Waals surface area contributed by atoms with Gasteiger partial charge in [0.15, 0.2) is 0 Å². The van der Waals surface area contributed by atoms with Gasteiger partial charge in [0.05, 0.1) is 6.20 Å². The van der Waals surface area contributed by atoms with E-state index in [4.69, 9.17) is 0 Å². The Morgan fingerprint density at radius 2 is 2.11 bits per heavy atom. The maximum Gasteiger partial charge on any atom is 0.133 e. The summed E-state index contributed by atoms with van der Waals surface area (Å²) in [5, 5.41) is 10.1. The fourth-order valence-electron chi connectivity index (χ4n) is 2.41. The highest BCUT2D eigenvalue weighted by atomic mass is 15.1. The molecule has 0 saturated carbocycles. The SMILES string of the molecule is c1nc2c(c(NCc3cn[nH]c3)n1)CCCCC2. The summed E-state index contributed by atoms with van der Waals surface area (Å²) in [4.78, 5) is 8.80. The minimum atomic E-state index is 0.750. The van der Waals surface area contributed by atoms with E-state index in [1.54, 1.807) is 6.33 Å². The zero-order valence-corrected chi connectivity index (χ0v) is 10.3. The first-order valence-electron chi connectivity index (χ1n) is 6.48. The lowest BCUT2D eigenvalue weighted by molar-refractivity contribution is 0.709. The van der Waals surface area contributed by atoms with Crippen molar-refractivity contribution in [2.24, 2.45) is 0 Å². The average molecular weight is 243 g/mol. The van der Waals surface area contributed by atoms with Gasteiger partial charge in [-0.2, -0.15) is 5.10 Å². The fraction of sp³-hybridized carbons (Fsp3) is 0.462. The summed E-state index contributed by atoms with van der Waals surface area (Å²) in [5.74, 6) is 0.989. The first kappa shape index (κ1) is 11.2. The summed E-state index contributed by atoms with van der Waals surface area (Å²) in [7, 11) is 0. The molecule has 5 nitrogen and oxygen atoms in total. The number of hydrogen-bond acceptors (Lipinski definition) is 4. The van der Waals surface area contributed by atoms with Crippen molar-refractivity contribution in [2.75, 3.05) is 5.32 Å². The van der Waals surface area contributed by atoms with Crippen LogP contribution in [0, 0.1) is 0 Å². The molecule has 0 unspecified atom stereocenters. The van der Waals surface area contributed by atoms with E-state index in [2.05, 4.69) is 25.5 Å². The number of hydrogen-bond donors (Lipinski definition) is 2. The van der Waals surface area contributed by atoms with Crippen LogP contribution in [0.1, 0.15) is 36.1 Å². The van der Waals surface area contributed by atoms with Crippen molar-refractivity contribution in [3.8, 4) is 0 Å². The molecule has 2 heterocycles. The lowest BCUT2D eigenvalue weighted by Gasteiger charge is -2.11. The third-order valence-electron chi connectivity index (χ3n) is 3.39. The fourth-order valence-corrected chi connectivity index (χ4v) is 2.41. The lowest BCUT2D eigenvalue weighted by atomic mass is 10.1. The van der Waals surface area contributed by atoms with Crippen molar-refractivity contribution in [3.63, 3.8) is 0 Å². The highest BCUT2D eigenvalue weighted by Gasteiger charge is 2.13. The van der Waals surface area contributed by atoms with Gasteiger partial charge in [-0.05, 0) is 25.7 Å². The Kier molecular flexibility index (Phi) is 3.21. The maximum atomic E-state index is 4.42. The summed E-state index contributed by atoms with van der Waals surface area (Å²) < 4.78 is 0. The number of aromatic nitrogens is 4. The predicted molar refractivity (Wildman–Crippen MR) is 69.2 cm³/mol. The van der Waals surface area contributed by atoms with Crippen molar-refractivity contribution in [1.82, 2.24) is 20.2 Å². The predicted octanol–water partition coefficient (Wildman–Crippen LogP) is 2.08. The molecule has 94 valence electrons. The van der Waals surface area contributed by atoms with Crippen LogP contribution in [0.15, 0.2) is 18.7 Å². The number of fused-ring (bicyclic) bond motifs is 1. The van der Waals surface area contributed by atoms with E-state index >= 15 is 0 Å². The molecule has 0 spiro atoms. The molecule has 0 atom stereocenters. The third-order valence-corrected chi connectivity index (χ3v) is 3.39. The zero-order chi connectivity index (χ0) is 12.2. The molecular weight excluding hydrogens is 226 g/mol. The van der Waals surface area contributed by atoms with E-state index in [0.29, 0.717) is 0 Å². The Bertz CT molecular complexity index is 506. The van der Waals surface area contributed by atoms with Crippen molar-refractivity contribution < 1.29 is 0 Å². The normalized spacial score (nSPS) is 14.9. The second kappa shape index (κ2) is 5.16. The molecule has 0 fully saturated rings. The molecule has 3 rings (SSSR count). The van der Waals surface area contributed by atoms with E-state index < -0.39 is 0 Å². The standard InChI is InChI=1S/C13H17N5/c1-2-4-11-12(5-3-1)15-9-16-13(11)14-6-10-7-17-18-8-10/h7-9H,1-6H2,(H,17,18)(H,14,15,16). The van der Waals surface area contributed by atoms with Crippen LogP contribution in [-0.4, -0.2) is 20.2 Å². The van der Waals surface area contributed by atoms with Gasteiger partial charge >= 0.3 is 0 Å². The van der Waals surface area contributed by atoms with Gasteiger partial charge in [0.1, 0.15) is 12.1 Å². The summed E-state index contributed by atoms with van der Waals surface area (Å²) in [6.07, 6.45) is 11.3. The topological polar surface area (TPSA) is 66.5 Å². The summed E-state index contributed by atoms with van der Waals surface area (Å²) >= 11 is 0. The van der Waals surface area contributed by atoms with Crippen LogP contribution in [0.3, 0.4) is 0 Å². The number of aryl methyl sites for hydroxylation is 1. The Hall–Kier alpha value is -1.91.